The van der Waals surface area contributed by atoms with Gasteiger partial charge in [0.15, 0.2) is 6.10 Å². The molecule has 120 valence electrons. The highest BCUT2D eigenvalue weighted by molar-refractivity contribution is 6.30. The van der Waals surface area contributed by atoms with Gasteiger partial charge in [0.2, 0.25) is 0 Å². The van der Waals surface area contributed by atoms with Crippen molar-refractivity contribution < 1.29 is 18.7 Å². The monoisotopic (exact) mass is 333 g/mol. The van der Waals surface area contributed by atoms with Gasteiger partial charge < -0.3 is 14.5 Å². The standard InChI is InChI=1S/C17H16ClNO4/c1-12(17(21)19-11-15-6-3-9-22-15)23-16(20)8-7-13-4-2-5-14(18)10-13/h2-10,12H,11H2,1H3,(H,19,21)/b8-7+/t12-/m0/s1. The van der Waals surface area contributed by atoms with Gasteiger partial charge >= 0.3 is 5.97 Å². The lowest BCUT2D eigenvalue weighted by atomic mass is 10.2. The highest BCUT2D eigenvalue weighted by atomic mass is 35.5. The van der Waals surface area contributed by atoms with Crippen LogP contribution in [0.5, 0.6) is 0 Å². The van der Waals surface area contributed by atoms with Crippen LogP contribution in [-0.2, 0) is 20.9 Å². The summed E-state index contributed by atoms with van der Waals surface area (Å²) in [6.07, 6.45) is 3.44. The SMILES string of the molecule is C[C@H](OC(=O)/C=C/c1cccc(Cl)c1)C(=O)NCc1ccco1. The first kappa shape index (κ1) is 16.8. The zero-order valence-electron chi connectivity index (χ0n) is 12.5. The molecular weight excluding hydrogens is 318 g/mol. The molecule has 0 radical (unpaired) electrons. The Morgan fingerprint density at radius 3 is 2.87 bits per heavy atom. The summed E-state index contributed by atoms with van der Waals surface area (Å²) >= 11 is 5.85. The minimum absolute atomic E-state index is 0.242. The number of nitrogens with one attached hydrogen (secondary N) is 1. The van der Waals surface area contributed by atoms with Crippen LogP contribution in [0.15, 0.2) is 53.2 Å². The largest absolute Gasteiger partial charge is 0.467 e. The highest BCUT2D eigenvalue weighted by Crippen LogP contribution is 2.12. The third-order valence-corrected chi connectivity index (χ3v) is 3.17. The predicted octanol–water partition coefficient (Wildman–Crippen LogP) is 3.19. The molecule has 0 unspecified atom stereocenters. The van der Waals surface area contributed by atoms with Crippen molar-refractivity contribution in [2.24, 2.45) is 0 Å². The number of carbonyl (C=O) groups excluding carboxylic acids is 2. The maximum absolute atomic E-state index is 11.8. The Kier molecular flexibility index (Phi) is 6.00. The van der Waals surface area contributed by atoms with E-state index in [2.05, 4.69) is 5.32 Å². The summed E-state index contributed by atoms with van der Waals surface area (Å²) in [7, 11) is 0. The van der Waals surface area contributed by atoms with Gasteiger partial charge in [-0.25, -0.2) is 4.79 Å². The smallest absolute Gasteiger partial charge is 0.331 e. The second kappa shape index (κ2) is 8.19. The number of hydrogen-bond acceptors (Lipinski definition) is 4. The van der Waals surface area contributed by atoms with Crippen molar-refractivity contribution in [1.82, 2.24) is 5.32 Å². The van der Waals surface area contributed by atoms with E-state index >= 15 is 0 Å². The molecule has 1 aromatic carbocycles. The fourth-order valence-electron chi connectivity index (χ4n) is 1.77. The van der Waals surface area contributed by atoms with Crippen molar-refractivity contribution in [2.75, 3.05) is 0 Å². The topological polar surface area (TPSA) is 68.5 Å². The summed E-state index contributed by atoms with van der Waals surface area (Å²) < 4.78 is 10.1. The zero-order valence-corrected chi connectivity index (χ0v) is 13.2. The van der Waals surface area contributed by atoms with E-state index in [1.54, 1.807) is 42.5 Å². The van der Waals surface area contributed by atoms with Gasteiger partial charge in [-0.15, -0.1) is 0 Å². The molecule has 0 saturated carbocycles. The molecule has 1 N–H and O–H groups in total. The molecule has 0 aliphatic heterocycles. The van der Waals surface area contributed by atoms with Crippen molar-refractivity contribution >= 4 is 29.6 Å². The van der Waals surface area contributed by atoms with Crippen LogP contribution in [0.25, 0.3) is 6.08 Å². The van der Waals surface area contributed by atoms with E-state index in [4.69, 9.17) is 20.8 Å². The Hall–Kier alpha value is -2.53. The van der Waals surface area contributed by atoms with Crippen molar-refractivity contribution in [3.05, 3.63) is 65.1 Å². The van der Waals surface area contributed by atoms with Gasteiger partial charge in [0.1, 0.15) is 5.76 Å². The average Bonchev–Trinajstić information content (AvgIpc) is 3.04. The molecule has 23 heavy (non-hydrogen) atoms. The second-order valence-corrected chi connectivity index (χ2v) is 5.20. The molecule has 0 saturated heterocycles. The second-order valence-electron chi connectivity index (χ2n) is 4.76. The maximum Gasteiger partial charge on any atom is 0.331 e. The quantitative estimate of drug-likeness (QED) is 0.651. The molecule has 0 spiro atoms. The molecule has 0 bridgehead atoms. The molecule has 0 fully saturated rings. The molecule has 1 aromatic heterocycles. The van der Waals surface area contributed by atoms with Gasteiger partial charge in [-0.1, -0.05) is 23.7 Å². The Labute approximate surface area is 138 Å². The fourth-order valence-corrected chi connectivity index (χ4v) is 1.97. The zero-order chi connectivity index (χ0) is 16.7. The Morgan fingerprint density at radius 1 is 1.35 bits per heavy atom. The lowest BCUT2D eigenvalue weighted by Gasteiger charge is -2.11. The van der Waals surface area contributed by atoms with Crippen LogP contribution in [0.2, 0.25) is 5.02 Å². The summed E-state index contributed by atoms with van der Waals surface area (Å²) in [6, 6.07) is 10.5. The number of rotatable bonds is 6. The van der Waals surface area contributed by atoms with Crippen LogP contribution in [-0.4, -0.2) is 18.0 Å². The minimum atomic E-state index is -0.901. The summed E-state index contributed by atoms with van der Waals surface area (Å²) in [5.74, 6) is -0.380. The highest BCUT2D eigenvalue weighted by Gasteiger charge is 2.16. The average molecular weight is 334 g/mol. The third kappa shape index (κ3) is 5.64. The van der Waals surface area contributed by atoms with Crippen LogP contribution in [0.4, 0.5) is 0 Å². The Bertz CT molecular complexity index is 694. The molecule has 2 aromatic rings. The number of hydrogen-bond donors (Lipinski definition) is 1. The normalized spacial score (nSPS) is 12.1. The molecule has 5 nitrogen and oxygen atoms in total. The summed E-state index contributed by atoms with van der Waals surface area (Å²) in [4.78, 5) is 23.5. The van der Waals surface area contributed by atoms with Crippen molar-refractivity contribution in [3.63, 3.8) is 0 Å². The summed E-state index contributed by atoms with van der Waals surface area (Å²) in [6.45, 7) is 1.74. The van der Waals surface area contributed by atoms with E-state index in [1.807, 2.05) is 0 Å². The lowest BCUT2D eigenvalue weighted by Crippen LogP contribution is -2.35. The number of furan rings is 1. The van der Waals surface area contributed by atoms with Gasteiger partial charge in [0, 0.05) is 11.1 Å². The minimum Gasteiger partial charge on any atom is -0.467 e. The van der Waals surface area contributed by atoms with Gasteiger partial charge in [-0.05, 0) is 42.8 Å². The number of halogens is 1. The van der Waals surface area contributed by atoms with Gasteiger partial charge in [-0.2, -0.15) is 0 Å². The van der Waals surface area contributed by atoms with E-state index < -0.39 is 18.0 Å². The lowest BCUT2D eigenvalue weighted by molar-refractivity contribution is -0.150. The van der Waals surface area contributed by atoms with Gasteiger partial charge in [-0.3, -0.25) is 4.79 Å². The number of amides is 1. The molecule has 2 rings (SSSR count). The Morgan fingerprint density at radius 2 is 2.17 bits per heavy atom. The molecule has 0 aliphatic carbocycles. The summed E-state index contributed by atoms with van der Waals surface area (Å²) in [5.41, 5.74) is 0.768. The first-order valence-electron chi connectivity index (χ1n) is 6.99. The molecule has 1 amide bonds. The molecule has 1 heterocycles. The maximum atomic E-state index is 11.8. The fraction of sp³-hybridized carbons (Fsp3) is 0.176. The van der Waals surface area contributed by atoms with Crippen LogP contribution < -0.4 is 5.32 Å². The van der Waals surface area contributed by atoms with Crippen LogP contribution in [0.1, 0.15) is 18.2 Å². The van der Waals surface area contributed by atoms with E-state index in [0.29, 0.717) is 10.8 Å². The van der Waals surface area contributed by atoms with Crippen LogP contribution in [0, 0.1) is 0 Å². The van der Waals surface area contributed by atoms with Gasteiger partial charge in [0.25, 0.3) is 5.91 Å². The third-order valence-electron chi connectivity index (χ3n) is 2.94. The van der Waals surface area contributed by atoms with E-state index in [-0.39, 0.29) is 6.54 Å². The number of esters is 1. The van der Waals surface area contributed by atoms with Gasteiger partial charge in [0.05, 0.1) is 12.8 Å². The van der Waals surface area contributed by atoms with Crippen molar-refractivity contribution in [2.45, 2.75) is 19.6 Å². The molecule has 6 heteroatoms. The van der Waals surface area contributed by atoms with E-state index in [0.717, 1.165) is 5.56 Å². The van der Waals surface area contributed by atoms with Crippen molar-refractivity contribution in [1.29, 1.82) is 0 Å². The predicted molar refractivity (Wildman–Crippen MR) is 86.6 cm³/mol. The number of ether oxygens (including phenoxy) is 1. The Balaban J connectivity index is 1.80. The van der Waals surface area contributed by atoms with E-state index in [9.17, 15) is 9.59 Å². The number of carbonyl (C=O) groups is 2. The first-order chi connectivity index (χ1) is 11.0. The van der Waals surface area contributed by atoms with E-state index in [1.165, 1.54) is 19.3 Å². The van der Waals surface area contributed by atoms with Crippen LogP contribution in [0.3, 0.4) is 0 Å². The summed E-state index contributed by atoms with van der Waals surface area (Å²) in [5, 5.41) is 3.20. The van der Waals surface area contributed by atoms with Crippen LogP contribution >= 0.6 is 11.6 Å². The number of benzene rings is 1. The van der Waals surface area contributed by atoms with Crippen molar-refractivity contribution in [3.8, 4) is 0 Å². The molecule has 0 aliphatic rings. The molecule has 1 atom stereocenters. The first-order valence-corrected chi connectivity index (χ1v) is 7.37. The molecular formula is C17H16ClNO4.